The highest BCUT2D eigenvalue weighted by atomic mass is 19.4. The van der Waals surface area contributed by atoms with Crippen LogP contribution in [0.5, 0.6) is 0 Å². The fourth-order valence-corrected chi connectivity index (χ4v) is 3.35. The maximum Gasteiger partial charge on any atom is 0.405 e. The summed E-state index contributed by atoms with van der Waals surface area (Å²) in [5, 5.41) is 4.41. The lowest BCUT2D eigenvalue weighted by atomic mass is 10.2. The number of rotatable bonds is 3. The first kappa shape index (κ1) is 18.9. The molecule has 0 aromatic carbocycles. The Morgan fingerprint density at radius 3 is 2.79 bits per heavy atom. The van der Waals surface area contributed by atoms with E-state index in [-0.39, 0.29) is 11.9 Å². The number of nitrogens with one attached hydrogen (secondary N) is 2. The summed E-state index contributed by atoms with van der Waals surface area (Å²) in [7, 11) is 0. The number of hydrogen-bond donors (Lipinski definition) is 2. The molecule has 12 heteroatoms. The highest BCUT2D eigenvalue weighted by Crippen LogP contribution is 2.38. The van der Waals surface area contributed by atoms with Crippen molar-refractivity contribution in [1.82, 2.24) is 20.3 Å². The Kier molecular flexibility index (Phi) is 4.68. The van der Waals surface area contributed by atoms with Crippen LogP contribution in [-0.4, -0.2) is 58.7 Å². The molecule has 1 fully saturated rings. The van der Waals surface area contributed by atoms with Gasteiger partial charge in [0.1, 0.15) is 12.4 Å². The number of amides is 3. The van der Waals surface area contributed by atoms with Gasteiger partial charge in [-0.2, -0.15) is 13.2 Å². The van der Waals surface area contributed by atoms with Gasteiger partial charge in [0.05, 0.1) is 17.9 Å². The van der Waals surface area contributed by atoms with Crippen molar-refractivity contribution in [2.45, 2.75) is 18.6 Å². The number of anilines is 3. The van der Waals surface area contributed by atoms with E-state index >= 15 is 0 Å². The quantitative estimate of drug-likeness (QED) is 0.804. The topological polar surface area (TPSA) is 103 Å². The van der Waals surface area contributed by atoms with Gasteiger partial charge in [0.25, 0.3) is 5.91 Å². The molecule has 2 bridgehead atoms. The molecule has 4 rings (SSSR count). The van der Waals surface area contributed by atoms with Crippen LogP contribution in [0.4, 0.5) is 35.3 Å². The second kappa shape index (κ2) is 7.18. The first-order valence-electron chi connectivity index (χ1n) is 8.80. The van der Waals surface area contributed by atoms with E-state index in [2.05, 4.69) is 20.3 Å². The van der Waals surface area contributed by atoms with Crippen LogP contribution < -0.4 is 20.4 Å². The Balaban J connectivity index is 1.62. The normalized spacial score (nSPS) is 17.7. The van der Waals surface area contributed by atoms with Gasteiger partial charge in [-0.1, -0.05) is 6.07 Å². The van der Waals surface area contributed by atoms with Crippen molar-refractivity contribution in [2.75, 3.05) is 34.8 Å². The van der Waals surface area contributed by atoms with Crippen LogP contribution in [0.1, 0.15) is 17.0 Å². The van der Waals surface area contributed by atoms with Gasteiger partial charge in [0.2, 0.25) is 5.82 Å². The lowest BCUT2D eigenvalue weighted by molar-refractivity contribution is -0.123. The molecule has 152 valence electrons. The third kappa shape index (κ3) is 3.91. The fraction of sp³-hybridized carbons (Fsp3) is 0.353. The number of carbonyl (C=O) groups excluding carboxylic acids is 2. The van der Waals surface area contributed by atoms with Crippen LogP contribution in [0, 0.1) is 0 Å². The molecule has 3 amide bonds. The van der Waals surface area contributed by atoms with Gasteiger partial charge in [-0.15, -0.1) is 0 Å². The van der Waals surface area contributed by atoms with E-state index < -0.39 is 30.5 Å². The maximum atomic E-state index is 12.9. The molecule has 9 nitrogen and oxygen atoms in total. The number of nitrogens with zero attached hydrogens (tertiary/aromatic N) is 5. The van der Waals surface area contributed by atoms with Crippen LogP contribution in [0.3, 0.4) is 0 Å². The second-order valence-electron chi connectivity index (χ2n) is 6.60. The van der Waals surface area contributed by atoms with Crippen LogP contribution in [0.15, 0.2) is 30.6 Å². The van der Waals surface area contributed by atoms with E-state index in [1.807, 2.05) is 4.90 Å². The van der Waals surface area contributed by atoms with Gasteiger partial charge in [-0.3, -0.25) is 15.0 Å². The predicted molar refractivity (Wildman–Crippen MR) is 96.8 cm³/mol. The smallest absolute Gasteiger partial charge is 0.365 e. The summed E-state index contributed by atoms with van der Waals surface area (Å²) in [6.07, 6.45) is -0.985. The molecule has 2 aromatic rings. The third-order valence-electron chi connectivity index (χ3n) is 4.62. The minimum absolute atomic E-state index is 0.180. The average molecular weight is 407 g/mol. The third-order valence-corrected chi connectivity index (χ3v) is 4.62. The SMILES string of the molecule is O=C(NCC(F)(F)F)c1ncc2c(n1)N(C(=O)Nc1ccccn1)[C@H]1CCN2C1. The summed E-state index contributed by atoms with van der Waals surface area (Å²) in [6, 6.07) is 4.37. The molecular formula is C17H16F3N7O2. The highest BCUT2D eigenvalue weighted by Gasteiger charge is 2.41. The van der Waals surface area contributed by atoms with Crippen molar-refractivity contribution >= 4 is 29.3 Å². The molecule has 2 aromatic heterocycles. The van der Waals surface area contributed by atoms with Crippen LogP contribution >= 0.6 is 0 Å². The molecule has 1 saturated heterocycles. The number of carbonyl (C=O) groups is 2. The maximum absolute atomic E-state index is 12.9. The first-order chi connectivity index (χ1) is 13.8. The second-order valence-corrected chi connectivity index (χ2v) is 6.60. The standard InChI is InChI=1S/C17H16F3N7O2/c18-17(19,20)9-23-15(28)13-22-7-11-14(25-13)27(10-4-6-26(11)8-10)16(29)24-12-3-1-2-5-21-12/h1-3,5,7,10H,4,6,8-9H2,(H,23,28)(H,21,24,29)/t10-/m0/s1. The number of alkyl halides is 3. The van der Waals surface area contributed by atoms with Crippen LogP contribution in [0.2, 0.25) is 0 Å². The zero-order valence-electron chi connectivity index (χ0n) is 15.0. The molecule has 0 spiro atoms. The minimum Gasteiger partial charge on any atom is -0.365 e. The highest BCUT2D eigenvalue weighted by molar-refractivity contribution is 6.04. The molecule has 2 N–H and O–H groups in total. The van der Waals surface area contributed by atoms with Gasteiger partial charge in [0.15, 0.2) is 5.82 Å². The summed E-state index contributed by atoms with van der Waals surface area (Å²) in [4.78, 5) is 40.4. The van der Waals surface area contributed by atoms with Gasteiger partial charge in [-0.05, 0) is 18.6 Å². The molecule has 2 aliphatic rings. The lowest BCUT2D eigenvalue weighted by Gasteiger charge is -2.35. The van der Waals surface area contributed by atoms with Crippen LogP contribution in [-0.2, 0) is 0 Å². The minimum atomic E-state index is -4.55. The Morgan fingerprint density at radius 1 is 1.24 bits per heavy atom. The van der Waals surface area contributed by atoms with Gasteiger partial charge in [-0.25, -0.2) is 19.7 Å². The van der Waals surface area contributed by atoms with Crippen molar-refractivity contribution in [3.05, 3.63) is 36.4 Å². The molecular weight excluding hydrogens is 391 g/mol. The van der Waals surface area contributed by atoms with Crippen molar-refractivity contribution in [2.24, 2.45) is 0 Å². The molecule has 1 atom stereocenters. The molecule has 2 aliphatic heterocycles. The lowest BCUT2D eigenvalue weighted by Crippen LogP contribution is -2.48. The van der Waals surface area contributed by atoms with Crippen molar-refractivity contribution < 1.29 is 22.8 Å². The Bertz CT molecular complexity index is 938. The fourth-order valence-electron chi connectivity index (χ4n) is 3.35. The number of aromatic nitrogens is 3. The largest absolute Gasteiger partial charge is 0.405 e. The van der Waals surface area contributed by atoms with E-state index in [4.69, 9.17) is 0 Å². The molecule has 0 radical (unpaired) electrons. The molecule has 0 saturated carbocycles. The van der Waals surface area contributed by atoms with Gasteiger partial charge < -0.3 is 10.2 Å². The summed E-state index contributed by atoms with van der Waals surface area (Å²) in [6.45, 7) is -0.246. The monoisotopic (exact) mass is 407 g/mol. The summed E-state index contributed by atoms with van der Waals surface area (Å²) in [5.74, 6) is -0.981. The zero-order chi connectivity index (χ0) is 20.6. The van der Waals surface area contributed by atoms with Crippen molar-refractivity contribution in [3.63, 3.8) is 0 Å². The average Bonchev–Trinajstić information content (AvgIpc) is 3.10. The summed E-state index contributed by atoms with van der Waals surface area (Å²) >= 11 is 0. The Labute approximate surface area is 162 Å². The molecule has 29 heavy (non-hydrogen) atoms. The number of hydrogen-bond acceptors (Lipinski definition) is 6. The first-order valence-corrected chi connectivity index (χ1v) is 8.80. The predicted octanol–water partition coefficient (Wildman–Crippen LogP) is 1.79. The van der Waals surface area contributed by atoms with E-state index in [0.29, 0.717) is 31.0 Å². The zero-order valence-corrected chi connectivity index (χ0v) is 15.0. The number of urea groups is 1. The van der Waals surface area contributed by atoms with Crippen molar-refractivity contribution in [1.29, 1.82) is 0 Å². The van der Waals surface area contributed by atoms with E-state index in [1.165, 1.54) is 17.3 Å². The molecule has 4 heterocycles. The summed E-state index contributed by atoms with van der Waals surface area (Å²) in [5.41, 5.74) is 0.544. The summed E-state index contributed by atoms with van der Waals surface area (Å²) < 4.78 is 37.1. The Morgan fingerprint density at radius 2 is 2.07 bits per heavy atom. The van der Waals surface area contributed by atoms with E-state index in [9.17, 15) is 22.8 Å². The number of pyridine rings is 1. The van der Waals surface area contributed by atoms with Crippen molar-refractivity contribution in [3.8, 4) is 0 Å². The van der Waals surface area contributed by atoms with Gasteiger partial charge >= 0.3 is 12.2 Å². The Hall–Kier alpha value is -3.44. The number of fused-ring (bicyclic) bond motifs is 4. The van der Waals surface area contributed by atoms with Crippen LogP contribution in [0.25, 0.3) is 0 Å². The molecule has 0 aliphatic carbocycles. The van der Waals surface area contributed by atoms with Gasteiger partial charge in [0, 0.05) is 19.3 Å². The molecule has 0 unspecified atom stereocenters. The number of halogens is 3. The van der Waals surface area contributed by atoms with E-state index in [0.717, 1.165) is 0 Å². The van der Waals surface area contributed by atoms with E-state index in [1.54, 1.807) is 23.5 Å².